The summed E-state index contributed by atoms with van der Waals surface area (Å²) in [6.07, 6.45) is 0.258. The van der Waals surface area contributed by atoms with E-state index < -0.39 is 0 Å². The second kappa shape index (κ2) is 8.65. The van der Waals surface area contributed by atoms with Gasteiger partial charge in [-0.1, -0.05) is 64.4 Å². The SMILES string of the molecule is CC.Cc1cc(C)c(-n2c(-c3c(C(C)(C)C)ccc4c3N=C(F)C4)nc(C)c2C)c(C)c1. The molecule has 32 heavy (non-hydrogen) atoms. The molecule has 3 nitrogen and oxygen atoms in total. The van der Waals surface area contributed by atoms with E-state index in [9.17, 15) is 4.39 Å². The van der Waals surface area contributed by atoms with Crippen molar-refractivity contribution in [3.05, 3.63) is 63.5 Å². The molecule has 4 rings (SSSR count). The Morgan fingerprint density at radius 3 is 2.09 bits per heavy atom. The van der Waals surface area contributed by atoms with E-state index in [0.717, 1.165) is 45.3 Å². The third-order valence-corrected chi connectivity index (χ3v) is 6.07. The molecule has 4 heteroatoms. The minimum Gasteiger partial charge on any atom is -0.296 e. The minimum absolute atomic E-state index is 0.130. The van der Waals surface area contributed by atoms with Crippen molar-refractivity contribution >= 4 is 11.7 Å². The third-order valence-electron chi connectivity index (χ3n) is 6.07. The molecule has 0 bridgehead atoms. The van der Waals surface area contributed by atoms with Crippen molar-refractivity contribution in [3.63, 3.8) is 0 Å². The van der Waals surface area contributed by atoms with E-state index in [1.54, 1.807) is 0 Å². The minimum atomic E-state index is -0.327. The van der Waals surface area contributed by atoms with E-state index >= 15 is 0 Å². The molecule has 170 valence electrons. The predicted octanol–water partition coefficient (Wildman–Crippen LogP) is 7.96. The highest BCUT2D eigenvalue weighted by atomic mass is 19.1. The van der Waals surface area contributed by atoms with E-state index in [2.05, 4.69) is 76.2 Å². The van der Waals surface area contributed by atoms with Crippen molar-refractivity contribution < 1.29 is 4.39 Å². The van der Waals surface area contributed by atoms with Crippen LogP contribution in [0.2, 0.25) is 0 Å². The molecule has 0 saturated carbocycles. The molecular formula is C28H36FN3. The van der Waals surface area contributed by atoms with Crippen LogP contribution < -0.4 is 0 Å². The lowest BCUT2D eigenvalue weighted by molar-refractivity contribution is 0.591. The van der Waals surface area contributed by atoms with Gasteiger partial charge in [0.2, 0.25) is 0 Å². The largest absolute Gasteiger partial charge is 0.296 e. The fourth-order valence-corrected chi connectivity index (χ4v) is 4.65. The van der Waals surface area contributed by atoms with Crippen LogP contribution in [0.3, 0.4) is 0 Å². The number of imidazole rings is 1. The number of aryl methyl sites for hydroxylation is 4. The maximum absolute atomic E-state index is 14.2. The molecule has 0 N–H and O–H groups in total. The zero-order valence-corrected chi connectivity index (χ0v) is 21.2. The number of rotatable bonds is 2. The normalized spacial score (nSPS) is 12.9. The molecule has 2 aromatic carbocycles. The van der Waals surface area contributed by atoms with Gasteiger partial charge >= 0.3 is 0 Å². The van der Waals surface area contributed by atoms with Gasteiger partial charge < -0.3 is 0 Å². The summed E-state index contributed by atoms with van der Waals surface area (Å²) in [6, 6.07) is 8.56. The highest BCUT2D eigenvalue weighted by Gasteiger charge is 2.30. The number of benzene rings is 2. The average molecular weight is 434 g/mol. The van der Waals surface area contributed by atoms with Crippen LogP contribution in [0.25, 0.3) is 17.1 Å². The predicted molar refractivity (Wildman–Crippen MR) is 135 cm³/mol. The second-order valence-corrected chi connectivity index (χ2v) is 9.60. The first-order valence-corrected chi connectivity index (χ1v) is 11.5. The smallest absolute Gasteiger partial charge is 0.194 e. The van der Waals surface area contributed by atoms with Gasteiger partial charge in [0, 0.05) is 17.7 Å². The van der Waals surface area contributed by atoms with Gasteiger partial charge in [-0.05, 0) is 62.3 Å². The topological polar surface area (TPSA) is 30.2 Å². The summed E-state index contributed by atoms with van der Waals surface area (Å²) >= 11 is 0. The molecule has 0 atom stereocenters. The first-order chi connectivity index (χ1) is 15.0. The monoisotopic (exact) mass is 433 g/mol. The molecule has 1 aromatic heterocycles. The summed E-state index contributed by atoms with van der Waals surface area (Å²) in [4.78, 5) is 9.34. The number of aliphatic imine (C=N–C) groups is 1. The van der Waals surface area contributed by atoms with Crippen LogP contribution in [-0.4, -0.2) is 15.5 Å². The first-order valence-electron chi connectivity index (χ1n) is 11.5. The van der Waals surface area contributed by atoms with Crippen molar-refractivity contribution in [3.8, 4) is 17.1 Å². The Labute approximate surface area is 192 Å². The maximum atomic E-state index is 14.2. The van der Waals surface area contributed by atoms with Crippen molar-refractivity contribution in [2.75, 3.05) is 0 Å². The van der Waals surface area contributed by atoms with Crippen LogP contribution in [0.4, 0.5) is 10.1 Å². The Bertz CT molecular complexity index is 1180. The van der Waals surface area contributed by atoms with Crippen LogP contribution in [0.1, 0.15) is 73.8 Å². The second-order valence-electron chi connectivity index (χ2n) is 9.60. The maximum Gasteiger partial charge on any atom is 0.194 e. The zero-order valence-electron chi connectivity index (χ0n) is 21.2. The quantitative estimate of drug-likeness (QED) is 0.403. The van der Waals surface area contributed by atoms with Crippen molar-refractivity contribution in [1.29, 1.82) is 0 Å². The van der Waals surface area contributed by atoms with Gasteiger partial charge in [0.15, 0.2) is 5.97 Å². The van der Waals surface area contributed by atoms with Gasteiger partial charge in [-0.2, -0.15) is 4.39 Å². The van der Waals surface area contributed by atoms with Gasteiger partial charge in [0.1, 0.15) is 5.82 Å². The van der Waals surface area contributed by atoms with Crippen LogP contribution in [-0.2, 0) is 11.8 Å². The first kappa shape index (κ1) is 23.9. The number of fused-ring (bicyclic) bond motifs is 1. The average Bonchev–Trinajstić information content (AvgIpc) is 3.21. The third kappa shape index (κ3) is 4.03. The van der Waals surface area contributed by atoms with Crippen LogP contribution in [0.15, 0.2) is 29.3 Å². The summed E-state index contributed by atoms with van der Waals surface area (Å²) in [5.41, 5.74) is 10.5. The highest BCUT2D eigenvalue weighted by molar-refractivity contribution is 5.93. The molecule has 0 amide bonds. The number of hydrogen-bond donors (Lipinski definition) is 0. The van der Waals surface area contributed by atoms with Crippen molar-refractivity contribution in [1.82, 2.24) is 9.55 Å². The summed E-state index contributed by atoms with van der Waals surface area (Å²) in [5.74, 6) is 0.520. The van der Waals surface area contributed by atoms with Gasteiger partial charge in [-0.25, -0.2) is 9.98 Å². The molecule has 1 aliphatic heterocycles. The Kier molecular flexibility index (Phi) is 6.46. The summed E-state index contributed by atoms with van der Waals surface area (Å²) in [6.45, 7) is 21.1. The Morgan fingerprint density at radius 2 is 1.53 bits per heavy atom. The van der Waals surface area contributed by atoms with E-state index in [1.807, 2.05) is 26.8 Å². The number of halogens is 1. The zero-order chi connectivity index (χ0) is 24.0. The molecule has 0 unspecified atom stereocenters. The van der Waals surface area contributed by atoms with Gasteiger partial charge in [0.05, 0.1) is 17.1 Å². The Balaban J connectivity index is 0.00000141. The fourth-order valence-electron chi connectivity index (χ4n) is 4.65. The molecule has 0 aliphatic carbocycles. The summed E-state index contributed by atoms with van der Waals surface area (Å²) < 4.78 is 16.5. The molecule has 0 fully saturated rings. The lowest BCUT2D eigenvalue weighted by Gasteiger charge is -2.25. The lowest BCUT2D eigenvalue weighted by atomic mass is 9.82. The van der Waals surface area contributed by atoms with Crippen molar-refractivity contribution in [2.45, 2.75) is 81.1 Å². The fraction of sp³-hybridized carbons (Fsp3) is 0.429. The Hall–Kier alpha value is -2.75. The van der Waals surface area contributed by atoms with Gasteiger partial charge in [0.25, 0.3) is 0 Å². The molecule has 1 aliphatic rings. The van der Waals surface area contributed by atoms with Crippen LogP contribution in [0, 0.1) is 34.6 Å². The summed E-state index contributed by atoms with van der Waals surface area (Å²) in [5, 5.41) is 0. The number of aromatic nitrogens is 2. The number of nitrogens with zero attached hydrogens (tertiary/aromatic N) is 3. The van der Waals surface area contributed by atoms with E-state index in [-0.39, 0.29) is 17.8 Å². The standard InChI is InChI=1S/C26H30FN3.C2H6/c1-14-11-15(2)24(16(3)12-14)30-18(5)17(4)28-25(30)22-20(26(6,7)8)10-9-19-13-21(27)29-23(19)22;1-2/h9-12H,13H2,1-8H3;1-2H3. The number of hydrogen-bond acceptors (Lipinski definition) is 2. The van der Waals surface area contributed by atoms with Crippen LogP contribution >= 0.6 is 0 Å². The van der Waals surface area contributed by atoms with Crippen LogP contribution in [0.5, 0.6) is 0 Å². The molecule has 3 aromatic rings. The molecular weight excluding hydrogens is 397 g/mol. The van der Waals surface area contributed by atoms with Gasteiger partial charge in [-0.15, -0.1) is 0 Å². The van der Waals surface area contributed by atoms with Crippen molar-refractivity contribution in [2.24, 2.45) is 4.99 Å². The molecule has 0 saturated heterocycles. The molecule has 2 heterocycles. The van der Waals surface area contributed by atoms with E-state index in [1.165, 1.54) is 16.7 Å². The Morgan fingerprint density at radius 1 is 0.938 bits per heavy atom. The summed E-state index contributed by atoms with van der Waals surface area (Å²) in [7, 11) is 0. The van der Waals surface area contributed by atoms with Gasteiger partial charge in [-0.3, -0.25) is 4.57 Å². The molecule has 0 radical (unpaired) electrons. The van der Waals surface area contributed by atoms with E-state index in [0.29, 0.717) is 0 Å². The lowest BCUT2D eigenvalue weighted by Crippen LogP contribution is -2.15. The highest BCUT2D eigenvalue weighted by Crippen LogP contribution is 2.45. The van der Waals surface area contributed by atoms with E-state index in [4.69, 9.17) is 4.98 Å². The molecule has 0 spiro atoms.